The van der Waals surface area contributed by atoms with Crippen molar-refractivity contribution in [1.82, 2.24) is 0 Å². The van der Waals surface area contributed by atoms with Gasteiger partial charge in [0.1, 0.15) is 0 Å². The molecule has 0 aliphatic rings. The van der Waals surface area contributed by atoms with E-state index in [-0.39, 0.29) is 0 Å². The van der Waals surface area contributed by atoms with E-state index in [1.807, 2.05) is 0 Å². The summed E-state index contributed by atoms with van der Waals surface area (Å²) in [7, 11) is 2.41. The zero-order valence-electron chi connectivity index (χ0n) is 12.4. The summed E-state index contributed by atoms with van der Waals surface area (Å²) in [6.45, 7) is 8.78. The van der Waals surface area contributed by atoms with Crippen LogP contribution >= 0.6 is 0 Å². The van der Waals surface area contributed by atoms with E-state index in [4.69, 9.17) is 5.11 Å². The Kier molecular flexibility index (Phi) is 11.0. The molecule has 0 aromatic carbocycles. The van der Waals surface area contributed by atoms with E-state index in [2.05, 4.69) is 20.9 Å². The van der Waals surface area contributed by atoms with Gasteiger partial charge in [-0.15, -0.1) is 0 Å². The Hall–Kier alpha value is -0.0800. The van der Waals surface area contributed by atoms with E-state index in [0.29, 0.717) is 6.61 Å². The quantitative estimate of drug-likeness (QED) is 0.411. The van der Waals surface area contributed by atoms with Crippen molar-refractivity contribution in [2.45, 2.75) is 65.2 Å². The van der Waals surface area contributed by atoms with Crippen molar-refractivity contribution in [3.8, 4) is 0 Å². The summed E-state index contributed by atoms with van der Waals surface area (Å²) in [6.07, 6.45) is 10.2. The normalized spacial score (nSPS) is 12.0. The molecular formula is C15H34NO+. The van der Waals surface area contributed by atoms with Crippen molar-refractivity contribution in [2.24, 2.45) is 0 Å². The molecule has 0 rings (SSSR count). The molecule has 0 aliphatic carbocycles. The number of nitrogens with zero attached hydrogens (tertiary/aromatic N) is 1. The van der Waals surface area contributed by atoms with Gasteiger partial charge in [0.2, 0.25) is 0 Å². The van der Waals surface area contributed by atoms with Crippen LogP contribution in [0.1, 0.15) is 65.2 Å². The second-order valence-electron chi connectivity index (χ2n) is 5.64. The molecule has 17 heavy (non-hydrogen) atoms. The van der Waals surface area contributed by atoms with Crippen molar-refractivity contribution >= 4 is 0 Å². The third kappa shape index (κ3) is 9.61. The number of aliphatic hydroxyl groups excluding tert-OH is 1. The highest BCUT2D eigenvalue weighted by atomic mass is 16.2. The first-order valence-corrected chi connectivity index (χ1v) is 7.63. The van der Waals surface area contributed by atoms with E-state index in [0.717, 1.165) is 6.42 Å². The van der Waals surface area contributed by atoms with Crippen molar-refractivity contribution in [3.05, 3.63) is 0 Å². The van der Waals surface area contributed by atoms with E-state index >= 15 is 0 Å². The van der Waals surface area contributed by atoms with Gasteiger partial charge in [-0.25, -0.2) is 0 Å². The van der Waals surface area contributed by atoms with Gasteiger partial charge in [-0.1, -0.05) is 26.7 Å². The lowest BCUT2D eigenvalue weighted by Crippen LogP contribution is -2.46. The van der Waals surface area contributed by atoms with Crippen LogP contribution in [0.15, 0.2) is 0 Å². The molecule has 0 aliphatic heterocycles. The summed E-state index contributed by atoms with van der Waals surface area (Å²) in [5.74, 6) is 0. The second kappa shape index (κ2) is 11.0. The topological polar surface area (TPSA) is 20.2 Å². The molecular weight excluding hydrogens is 210 g/mol. The summed E-state index contributed by atoms with van der Waals surface area (Å²) in [5, 5.41) is 8.88. The van der Waals surface area contributed by atoms with Crippen LogP contribution in [0.4, 0.5) is 0 Å². The largest absolute Gasteiger partial charge is 0.396 e. The van der Waals surface area contributed by atoms with E-state index < -0.39 is 0 Å². The summed E-state index contributed by atoms with van der Waals surface area (Å²) < 4.78 is 1.22. The molecule has 0 fully saturated rings. The minimum Gasteiger partial charge on any atom is -0.396 e. The van der Waals surface area contributed by atoms with Gasteiger partial charge in [0.25, 0.3) is 0 Å². The van der Waals surface area contributed by atoms with Gasteiger partial charge in [0, 0.05) is 6.61 Å². The molecule has 0 bridgehead atoms. The smallest absolute Gasteiger partial charge is 0.0785 e. The third-order valence-corrected chi connectivity index (χ3v) is 3.71. The molecule has 2 nitrogen and oxygen atoms in total. The van der Waals surface area contributed by atoms with Crippen molar-refractivity contribution in [1.29, 1.82) is 0 Å². The monoisotopic (exact) mass is 244 g/mol. The fraction of sp³-hybridized carbons (Fsp3) is 1.00. The molecule has 0 aromatic rings. The third-order valence-electron chi connectivity index (χ3n) is 3.71. The maximum Gasteiger partial charge on any atom is 0.0785 e. The lowest BCUT2D eigenvalue weighted by molar-refractivity contribution is -0.910. The molecule has 0 radical (unpaired) electrons. The molecule has 1 N–H and O–H groups in total. The van der Waals surface area contributed by atoms with Crippen LogP contribution in [0.2, 0.25) is 0 Å². The molecule has 0 saturated carbocycles. The maximum absolute atomic E-state index is 8.88. The average molecular weight is 244 g/mol. The average Bonchev–Trinajstić information content (AvgIpc) is 2.30. The van der Waals surface area contributed by atoms with Gasteiger partial charge < -0.3 is 9.59 Å². The zero-order valence-corrected chi connectivity index (χ0v) is 12.4. The number of aliphatic hydroxyl groups is 1. The lowest BCUT2D eigenvalue weighted by Gasteiger charge is -2.35. The van der Waals surface area contributed by atoms with Gasteiger partial charge in [-0.3, -0.25) is 0 Å². The van der Waals surface area contributed by atoms with Crippen LogP contribution in [0, 0.1) is 0 Å². The predicted molar refractivity (Wildman–Crippen MR) is 76.2 cm³/mol. The van der Waals surface area contributed by atoms with Crippen molar-refractivity contribution in [3.63, 3.8) is 0 Å². The molecule has 0 heterocycles. The van der Waals surface area contributed by atoms with Crippen molar-refractivity contribution in [2.75, 3.05) is 33.3 Å². The Morgan fingerprint density at radius 2 is 1.12 bits per heavy atom. The molecule has 0 unspecified atom stereocenters. The SMILES string of the molecule is CCCCC[N+](C)(CCCCC)CCCCO. The Bertz CT molecular complexity index is 132. The van der Waals surface area contributed by atoms with Crippen LogP contribution in [-0.2, 0) is 0 Å². The minimum absolute atomic E-state index is 0.351. The molecule has 0 aromatic heterocycles. The Morgan fingerprint density at radius 1 is 0.706 bits per heavy atom. The summed E-state index contributed by atoms with van der Waals surface area (Å²) >= 11 is 0. The second-order valence-corrected chi connectivity index (χ2v) is 5.64. The number of hydrogen-bond acceptors (Lipinski definition) is 1. The van der Waals surface area contributed by atoms with E-state index in [9.17, 15) is 0 Å². The molecule has 104 valence electrons. The van der Waals surface area contributed by atoms with E-state index in [1.54, 1.807) is 0 Å². The number of quaternary nitrogens is 1. The highest BCUT2D eigenvalue weighted by Crippen LogP contribution is 2.12. The Morgan fingerprint density at radius 3 is 1.47 bits per heavy atom. The maximum atomic E-state index is 8.88. The van der Waals surface area contributed by atoms with Gasteiger partial charge in [0.15, 0.2) is 0 Å². The van der Waals surface area contributed by atoms with Crippen LogP contribution in [0.5, 0.6) is 0 Å². The van der Waals surface area contributed by atoms with E-state index in [1.165, 1.54) is 69.1 Å². The predicted octanol–water partition coefficient (Wildman–Crippen LogP) is 3.59. The lowest BCUT2D eigenvalue weighted by atomic mass is 10.1. The minimum atomic E-state index is 0.351. The molecule has 2 heteroatoms. The fourth-order valence-electron chi connectivity index (χ4n) is 2.43. The molecule has 0 amide bonds. The summed E-state index contributed by atoms with van der Waals surface area (Å²) in [4.78, 5) is 0. The summed E-state index contributed by atoms with van der Waals surface area (Å²) in [6, 6.07) is 0. The van der Waals surface area contributed by atoms with Gasteiger partial charge in [-0.05, 0) is 38.5 Å². The van der Waals surface area contributed by atoms with Gasteiger partial charge in [-0.2, -0.15) is 0 Å². The van der Waals surface area contributed by atoms with Crippen molar-refractivity contribution < 1.29 is 9.59 Å². The number of rotatable bonds is 12. The molecule has 0 saturated heterocycles. The van der Waals surface area contributed by atoms with Gasteiger partial charge >= 0.3 is 0 Å². The first kappa shape index (κ1) is 16.9. The highest BCUT2D eigenvalue weighted by molar-refractivity contribution is 4.46. The zero-order chi connectivity index (χ0) is 13.0. The molecule has 0 atom stereocenters. The number of hydrogen-bond donors (Lipinski definition) is 1. The molecule has 0 spiro atoms. The fourth-order valence-corrected chi connectivity index (χ4v) is 2.43. The van der Waals surface area contributed by atoms with Crippen LogP contribution in [0.25, 0.3) is 0 Å². The first-order chi connectivity index (χ1) is 8.18. The van der Waals surface area contributed by atoms with Crippen LogP contribution in [0.3, 0.4) is 0 Å². The number of unbranched alkanes of at least 4 members (excludes halogenated alkanes) is 5. The summed E-state index contributed by atoms with van der Waals surface area (Å²) in [5.41, 5.74) is 0. The van der Waals surface area contributed by atoms with Gasteiger partial charge in [0.05, 0.1) is 26.7 Å². The van der Waals surface area contributed by atoms with Crippen LogP contribution < -0.4 is 0 Å². The Balaban J connectivity index is 3.95. The highest BCUT2D eigenvalue weighted by Gasteiger charge is 2.19. The Labute approximate surface area is 109 Å². The van der Waals surface area contributed by atoms with Crippen LogP contribution in [-0.4, -0.2) is 42.9 Å². The first-order valence-electron chi connectivity index (χ1n) is 7.63. The standard InChI is InChI=1S/C15H34NO/c1-4-6-8-12-16(3,13-9-7-5-2)14-10-11-15-17/h17H,4-15H2,1-3H3/q+1.